The molecule has 1 aromatic heterocycles. The monoisotopic (exact) mass is 357 g/mol. The van der Waals surface area contributed by atoms with E-state index in [0.29, 0.717) is 4.83 Å². The molecule has 0 saturated carbocycles. The van der Waals surface area contributed by atoms with E-state index in [1.165, 1.54) is 34.5 Å². The van der Waals surface area contributed by atoms with Crippen molar-refractivity contribution in [2.24, 2.45) is 0 Å². The van der Waals surface area contributed by atoms with Crippen LogP contribution in [0.15, 0.2) is 42.5 Å². The van der Waals surface area contributed by atoms with Crippen LogP contribution in [0.5, 0.6) is 0 Å². The van der Waals surface area contributed by atoms with Crippen LogP contribution in [0.1, 0.15) is 32.9 Å². The van der Waals surface area contributed by atoms with Crippen LogP contribution in [0, 0.1) is 0 Å². The molecule has 1 nitrogen and oxygen atoms in total. The van der Waals surface area contributed by atoms with Gasteiger partial charge in [0, 0.05) is 11.2 Å². The lowest BCUT2D eigenvalue weighted by Crippen LogP contribution is -1.96. The van der Waals surface area contributed by atoms with E-state index in [0.717, 1.165) is 11.9 Å². The largest absolute Gasteiger partial charge is 0.241 e. The number of thiazole rings is 1. The summed E-state index contributed by atoms with van der Waals surface area (Å²) >= 11 is 5.66. The van der Waals surface area contributed by atoms with E-state index in [1.54, 1.807) is 22.5 Å². The second kappa shape index (κ2) is 5.54. The van der Waals surface area contributed by atoms with E-state index in [4.69, 9.17) is 4.98 Å². The second-order valence-electron chi connectivity index (χ2n) is 5.63. The number of hydrogen-bond donors (Lipinski definition) is 0. The van der Waals surface area contributed by atoms with Gasteiger partial charge in [0.15, 0.2) is 0 Å². The van der Waals surface area contributed by atoms with E-state index < -0.39 is 0 Å². The zero-order valence-corrected chi connectivity index (χ0v) is 14.1. The van der Waals surface area contributed by atoms with Crippen LogP contribution in [0.4, 0.5) is 0 Å². The van der Waals surface area contributed by atoms with Crippen molar-refractivity contribution in [1.82, 2.24) is 4.98 Å². The van der Waals surface area contributed by atoms with E-state index in [1.807, 2.05) is 0 Å². The first-order valence-electron chi connectivity index (χ1n) is 7.40. The fraction of sp³-hybridized carbons (Fsp3) is 0.278. The number of fused-ring (bicyclic) bond motifs is 2. The van der Waals surface area contributed by atoms with Crippen molar-refractivity contribution in [1.29, 1.82) is 0 Å². The molecule has 0 aliphatic heterocycles. The van der Waals surface area contributed by atoms with Gasteiger partial charge < -0.3 is 0 Å². The highest BCUT2D eigenvalue weighted by molar-refractivity contribution is 9.09. The third kappa shape index (κ3) is 2.65. The normalized spacial score (nSPS) is 15.3. The summed E-state index contributed by atoms with van der Waals surface area (Å²) < 4.78 is 1.28. The highest BCUT2D eigenvalue weighted by atomic mass is 79.9. The number of rotatable bonds is 3. The highest BCUT2D eigenvalue weighted by Gasteiger charge is 2.16. The molecule has 3 heteroatoms. The number of aromatic nitrogens is 1. The van der Waals surface area contributed by atoms with Crippen molar-refractivity contribution in [3.8, 4) is 0 Å². The molecule has 21 heavy (non-hydrogen) atoms. The fourth-order valence-corrected chi connectivity index (χ4v) is 4.88. The Hall–Kier alpha value is -1.19. The van der Waals surface area contributed by atoms with Gasteiger partial charge >= 0.3 is 0 Å². The molecule has 0 saturated heterocycles. The van der Waals surface area contributed by atoms with Crippen molar-refractivity contribution < 1.29 is 0 Å². The van der Waals surface area contributed by atoms with Crippen LogP contribution in [0.2, 0.25) is 0 Å². The first-order valence-corrected chi connectivity index (χ1v) is 9.13. The quantitative estimate of drug-likeness (QED) is 0.566. The minimum absolute atomic E-state index is 0.351. The summed E-state index contributed by atoms with van der Waals surface area (Å²) in [6, 6.07) is 15.3. The number of halogens is 1. The second-order valence-corrected chi connectivity index (χ2v) is 7.85. The molecule has 0 amide bonds. The fourth-order valence-electron chi connectivity index (χ4n) is 3.06. The highest BCUT2D eigenvalue weighted by Crippen LogP contribution is 2.33. The average Bonchev–Trinajstić information content (AvgIpc) is 3.11. The Labute approximate surface area is 137 Å². The van der Waals surface area contributed by atoms with Gasteiger partial charge in [-0.05, 0) is 48.1 Å². The van der Waals surface area contributed by atoms with Crippen molar-refractivity contribution in [3.05, 3.63) is 64.2 Å². The summed E-state index contributed by atoms with van der Waals surface area (Å²) in [5.41, 5.74) is 5.58. The van der Waals surface area contributed by atoms with Gasteiger partial charge in [0.1, 0.15) is 0 Å². The molecule has 0 fully saturated rings. The standard InChI is InChI=1S/C18H16BrNS/c19-15(14-9-8-12-4-3-5-13(12)10-14)11-18-20-16-6-1-2-7-17(16)21-18/h1-2,6-10,15H,3-5,11H2. The topological polar surface area (TPSA) is 12.9 Å². The van der Waals surface area contributed by atoms with Gasteiger partial charge in [-0.1, -0.05) is 46.3 Å². The molecule has 0 radical (unpaired) electrons. The maximum Gasteiger partial charge on any atom is 0.0953 e. The summed E-state index contributed by atoms with van der Waals surface area (Å²) in [5.74, 6) is 0. The lowest BCUT2D eigenvalue weighted by atomic mass is 10.0. The zero-order valence-electron chi connectivity index (χ0n) is 11.7. The van der Waals surface area contributed by atoms with Gasteiger partial charge in [-0.15, -0.1) is 11.3 Å². The van der Waals surface area contributed by atoms with Crippen LogP contribution >= 0.6 is 27.3 Å². The number of para-hydroxylation sites is 1. The van der Waals surface area contributed by atoms with Crippen LogP contribution in [0.3, 0.4) is 0 Å². The van der Waals surface area contributed by atoms with Gasteiger partial charge in [-0.25, -0.2) is 4.98 Å². The Morgan fingerprint density at radius 1 is 1.10 bits per heavy atom. The van der Waals surface area contributed by atoms with Crippen LogP contribution < -0.4 is 0 Å². The van der Waals surface area contributed by atoms with E-state index >= 15 is 0 Å². The van der Waals surface area contributed by atoms with Gasteiger partial charge in [0.2, 0.25) is 0 Å². The summed E-state index contributed by atoms with van der Waals surface area (Å²) in [5, 5.41) is 1.21. The maximum atomic E-state index is 4.74. The minimum Gasteiger partial charge on any atom is -0.241 e. The molecular weight excluding hydrogens is 342 g/mol. The Morgan fingerprint density at radius 3 is 2.86 bits per heavy atom. The van der Waals surface area contributed by atoms with Gasteiger partial charge in [-0.2, -0.15) is 0 Å². The Bertz CT molecular complexity index is 760. The number of hydrogen-bond acceptors (Lipinski definition) is 2. The molecule has 1 unspecified atom stereocenters. The van der Waals surface area contributed by atoms with Crippen molar-refractivity contribution in [2.45, 2.75) is 30.5 Å². The first-order chi connectivity index (χ1) is 10.3. The predicted molar refractivity (Wildman–Crippen MR) is 93.5 cm³/mol. The molecule has 2 aromatic carbocycles. The van der Waals surface area contributed by atoms with Gasteiger partial charge in [0.25, 0.3) is 0 Å². The first kappa shape index (κ1) is 13.5. The molecule has 1 atom stereocenters. The van der Waals surface area contributed by atoms with Gasteiger partial charge in [0.05, 0.1) is 15.2 Å². The molecule has 106 valence electrons. The Kier molecular flexibility index (Phi) is 3.56. The van der Waals surface area contributed by atoms with E-state index in [-0.39, 0.29) is 0 Å². The summed E-state index contributed by atoms with van der Waals surface area (Å²) in [6.45, 7) is 0. The molecule has 1 aliphatic rings. The average molecular weight is 358 g/mol. The summed E-state index contributed by atoms with van der Waals surface area (Å²) in [6.07, 6.45) is 4.76. The number of benzene rings is 2. The molecule has 1 aliphatic carbocycles. The van der Waals surface area contributed by atoms with Crippen LogP contribution in [-0.2, 0) is 19.3 Å². The number of alkyl halides is 1. The molecule has 0 N–H and O–H groups in total. The SMILES string of the molecule is BrC(Cc1nc2ccccc2s1)c1ccc2c(c1)CCC2. The van der Waals surface area contributed by atoms with Gasteiger partial charge in [-0.3, -0.25) is 0 Å². The number of aryl methyl sites for hydroxylation is 2. The number of nitrogens with zero attached hydrogens (tertiary/aromatic N) is 1. The smallest absolute Gasteiger partial charge is 0.0953 e. The Morgan fingerprint density at radius 2 is 1.95 bits per heavy atom. The Balaban J connectivity index is 1.58. The minimum atomic E-state index is 0.351. The molecule has 0 bridgehead atoms. The van der Waals surface area contributed by atoms with E-state index in [2.05, 4.69) is 58.4 Å². The lowest BCUT2D eigenvalue weighted by Gasteiger charge is -2.10. The summed E-state index contributed by atoms with van der Waals surface area (Å²) in [4.78, 5) is 5.09. The summed E-state index contributed by atoms with van der Waals surface area (Å²) in [7, 11) is 0. The van der Waals surface area contributed by atoms with E-state index in [9.17, 15) is 0 Å². The molecular formula is C18H16BrNS. The van der Waals surface area contributed by atoms with Crippen molar-refractivity contribution in [3.63, 3.8) is 0 Å². The van der Waals surface area contributed by atoms with Crippen molar-refractivity contribution in [2.75, 3.05) is 0 Å². The third-order valence-electron chi connectivity index (χ3n) is 4.18. The molecule has 3 aromatic rings. The lowest BCUT2D eigenvalue weighted by molar-refractivity contribution is 0.909. The molecule has 0 spiro atoms. The predicted octanol–water partition coefficient (Wildman–Crippen LogP) is 5.46. The zero-order chi connectivity index (χ0) is 14.2. The van der Waals surface area contributed by atoms with Crippen LogP contribution in [0.25, 0.3) is 10.2 Å². The van der Waals surface area contributed by atoms with Crippen molar-refractivity contribution >= 4 is 37.5 Å². The maximum absolute atomic E-state index is 4.74. The molecule has 4 rings (SSSR count). The molecule has 1 heterocycles. The third-order valence-corrected chi connectivity index (χ3v) is 6.09. The van der Waals surface area contributed by atoms with Crippen LogP contribution in [-0.4, -0.2) is 4.98 Å².